The molecule has 1 N–H and O–H groups in total. The molecule has 7 heteroatoms. The molecule has 1 aliphatic rings. The second kappa shape index (κ2) is 6.33. The number of non-ortho nitro benzene ring substituents is 1. The Balaban J connectivity index is 2.07. The maximum atomic E-state index is 10.6. The molecule has 100 valence electrons. The van der Waals surface area contributed by atoms with Crippen LogP contribution in [0.5, 0.6) is 0 Å². The van der Waals surface area contributed by atoms with E-state index < -0.39 is 4.92 Å². The summed E-state index contributed by atoms with van der Waals surface area (Å²) in [5, 5.41) is 15.7. The van der Waals surface area contributed by atoms with Gasteiger partial charge in [0.15, 0.2) is 5.17 Å². The quantitative estimate of drug-likeness (QED) is 0.677. The van der Waals surface area contributed by atoms with E-state index in [-0.39, 0.29) is 5.69 Å². The van der Waals surface area contributed by atoms with Crippen LogP contribution in [0, 0.1) is 10.1 Å². The number of amidine groups is 1. The Morgan fingerprint density at radius 1 is 1.47 bits per heavy atom. The van der Waals surface area contributed by atoms with Gasteiger partial charge in [0, 0.05) is 24.4 Å². The first-order chi connectivity index (χ1) is 9.20. The van der Waals surface area contributed by atoms with Crippen molar-refractivity contribution < 1.29 is 4.92 Å². The minimum absolute atomic E-state index is 0.0889. The molecule has 6 nitrogen and oxygen atoms in total. The molecule has 1 aromatic rings. The highest BCUT2D eigenvalue weighted by Gasteiger charge is 2.13. The zero-order chi connectivity index (χ0) is 13.7. The summed E-state index contributed by atoms with van der Waals surface area (Å²) in [5.74, 6) is 0.716. The Labute approximate surface area is 115 Å². The topological polar surface area (TPSA) is 79.9 Å². The Hall–Kier alpha value is -1.89. The van der Waals surface area contributed by atoms with Gasteiger partial charge in [-0.2, -0.15) is 5.10 Å². The summed E-state index contributed by atoms with van der Waals surface area (Å²) in [5.41, 5.74) is 4.76. The molecule has 0 atom stereocenters. The van der Waals surface area contributed by atoms with Crippen LogP contribution in [-0.2, 0) is 0 Å². The SMILES string of the molecule is CCCN=C1NN=C(c2ccc([N+](=O)[O-])cc2)CS1. The van der Waals surface area contributed by atoms with Crippen LogP contribution in [0.2, 0.25) is 0 Å². The Bertz CT molecular complexity index is 525. The van der Waals surface area contributed by atoms with Gasteiger partial charge in [0.1, 0.15) is 0 Å². The molecule has 2 rings (SSSR count). The van der Waals surface area contributed by atoms with Crippen LogP contribution in [0.3, 0.4) is 0 Å². The summed E-state index contributed by atoms with van der Waals surface area (Å²) in [7, 11) is 0. The number of aliphatic imine (C=N–C) groups is 1. The molecular weight excluding hydrogens is 264 g/mol. The predicted molar refractivity (Wildman–Crippen MR) is 77.8 cm³/mol. The van der Waals surface area contributed by atoms with Crippen LogP contribution >= 0.6 is 11.8 Å². The molecule has 1 heterocycles. The third kappa shape index (κ3) is 3.54. The molecule has 0 fully saturated rings. The average Bonchev–Trinajstić information content (AvgIpc) is 2.46. The van der Waals surface area contributed by atoms with Gasteiger partial charge in [-0.05, 0) is 24.1 Å². The predicted octanol–water partition coefficient (Wildman–Crippen LogP) is 2.40. The number of benzene rings is 1. The molecule has 0 saturated carbocycles. The number of nitro benzene ring substituents is 1. The minimum Gasteiger partial charge on any atom is -0.261 e. The smallest absolute Gasteiger partial charge is 0.261 e. The summed E-state index contributed by atoms with van der Waals surface area (Å²) < 4.78 is 0. The van der Waals surface area contributed by atoms with Gasteiger partial charge >= 0.3 is 0 Å². The number of hydrazone groups is 1. The van der Waals surface area contributed by atoms with Crippen molar-refractivity contribution in [2.24, 2.45) is 10.1 Å². The number of hydrogen-bond acceptors (Lipinski definition) is 5. The van der Waals surface area contributed by atoms with Gasteiger partial charge < -0.3 is 0 Å². The molecule has 0 spiro atoms. The summed E-state index contributed by atoms with van der Waals surface area (Å²) in [6.07, 6.45) is 1.00. The fourth-order valence-electron chi connectivity index (χ4n) is 1.53. The standard InChI is InChI=1S/C12H14N4O2S/c1-2-7-13-12-15-14-11(8-19-12)9-3-5-10(6-4-9)16(17)18/h3-6H,2,7-8H2,1H3,(H,13,15). The van der Waals surface area contributed by atoms with Crippen molar-refractivity contribution in [3.05, 3.63) is 39.9 Å². The van der Waals surface area contributed by atoms with Crippen LogP contribution in [0.4, 0.5) is 5.69 Å². The van der Waals surface area contributed by atoms with E-state index in [2.05, 4.69) is 22.4 Å². The molecule has 0 amide bonds. The zero-order valence-electron chi connectivity index (χ0n) is 10.5. The average molecular weight is 278 g/mol. The lowest BCUT2D eigenvalue weighted by Crippen LogP contribution is -2.25. The van der Waals surface area contributed by atoms with Gasteiger partial charge in [-0.25, -0.2) is 0 Å². The first kappa shape index (κ1) is 13.5. The summed E-state index contributed by atoms with van der Waals surface area (Å²) in [4.78, 5) is 14.5. The molecule has 1 aromatic carbocycles. The number of rotatable bonds is 4. The third-order valence-corrected chi connectivity index (χ3v) is 3.43. The highest BCUT2D eigenvalue weighted by atomic mass is 32.2. The number of nitro groups is 1. The van der Waals surface area contributed by atoms with Crippen molar-refractivity contribution in [3.8, 4) is 0 Å². The third-order valence-electron chi connectivity index (χ3n) is 2.52. The first-order valence-corrected chi connectivity index (χ1v) is 6.94. The molecule has 0 saturated heterocycles. The second-order valence-corrected chi connectivity index (χ2v) is 4.91. The van der Waals surface area contributed by atoms with Crippen LogP contribution in [0.25, 0.3) is 0 Å². The molecular formula is C12H14N4O2S. The Morgan fingerprint density at radius 2 is 2.21 bits per heavy atom. The van der Waals surface area contributed by atoms with Crippen molar-refractivity contribution in [1.82, 2.24) is 5.43 Å². The van der Waals surface area contributed by atoms with Gasteiger partial charge in [0.05, 0.1) is 10.6 Å². The normalized spacial score (nSPS) is 16.9. The first-order valence-electron chi connectivity index (χ1n) is 5.95. The molecule has 0 aromatic heterocycles. The van der Waals surface area contributed by atoms with E-state index >= 15 is 0 Å². The number of nitrogens with one attached hydrogen (secondary N) is 1. The molecule has 0 bridgehead atoms. The fourth-order valence-corrected chi connectivity index (χ4v) is 2.33. The fraction of sp³-hybridized carbons (Fsp3) is 0.333. The molecule has 0 unspecified atom stereocenters. The van der Waals surface area contributed by atoms with E-state index in [0.29, 0.717) is 5.75 Å². The highest BCUT2D eigenvalue weighted by Crippen LogP contribution is 2.17. The van der Waals surface area contributed by atoms with E-state index in [1.807, 2.05) is 0 Å². The number of hydrogen-bond donors (Lipinski definition) is 1. The lowest BCUT2D eigenvalue weighted by molar-refractivity contribution is -0.384. The van der Waals surface area contributed by atoms with E-state index in [1.165, 1.54) is 12.1 Å². The van der Waals surface area contributed by atoms with Gasteiger partial charge in [-0.1, -0.05) is 18.7 Å². The monoisotopic (exact) mass is 278 g/mol. The number of thioether (sulfide) groups is 1. The molecule has 0 radical (unpaired) electrons. The maximum Gasteiger partial charge on any atom is 0.269 e. The maximum absolute atomic E-state index is 10.6. The molecule has 0 aliphatic carbocycles. The highest BCUT2D eigenvalue weighted by molar-refractivity contribution is 8.14. The van der Waals surface area contributed by atoms with E-state index in [9.17, 15) is 10.1 Å². The van der Waals surface area contributed by atoms with Crippen molar-refractivity contribution in [1.29, 1.82) is 0 Å². The summed E-state index contributed by atoms with van der Waals surface area (Å²) >= 11 is 1.59. The number of nitrogens with zero attached hydrogens (tertiary/aromatic N) is 3. The van der Waals surface area contributed by atoms with E-state index in [4.69, 9.17) is 0 Å². The lowest BCUT2D eigenvalue weighted by Gasteiger charge is -2.14. The van der Waals surface area contributed by atoms with Crippen molar-refractivity contribution in [3.63, 3.8) is 0 Å². The Kier molecular flexibility index (Phi) is 4.51. The molecule has 19 heavy (non-hydrogen) atoms. The van der Waals surface area contributed by atoms with Crippen molar-refractivity contribution in [2.75, 3.05) is 12.3 Å². The van der Waals surface area contributed by atoms with Crippen LogP contribution in [0.1, 0.15) is 18.9 Å². The van der Waals surface area contributed by atoms with Gasteiger partial charge in [-0.3, -0.25) is 20.5 Å². The minimum atomic E-state index is -0.408. The van der Waals surface area contributed by atoms with E-state index in [0.717, 1.165) is 29.4 Å². The summed E-state index contributed by atoms with van der Waals surface area (Å²) in [6, 6.07) is 6.41. The lowest BCUT2D eigenvalue weighted by atomic mass is 10.1. The Morgan fingerprint density at radius 3 is 2.74 bits per heavy atom. The second-order valence-electron chi connectivity index (χ2n) is 3.95. The van der Waals surface area contributed by atoms with Gasteiger partial charge in [-0.15, -0.1) is 0 Å². The van der Waals surface area contributed by atoms with Crippen molar-refractivity contribution in [2.45, 2.75) is 13.3 Å². The van der Waals surface area contributed by atoms with E-state index in [1.54, 1.807) is 23.9 Å². The van der Waals surface area contributed by atoms with Crippen LogP contribution in [-0.4, -0.2) is 28.1 Å². The largest absolute Gasteiger partial charge is 0.269 e. The van der Waals surface area contributed by atoms with Gasteiger partial charge in [0.25, 0.3) is 5.69 Å². The van der Waals surface area contributed by atoms with Gasteiger partial charge in [0.2, 0.25) is 0 Å². The van der Waals surface area contributed by atoms with Crippen molar-refractivity contribution >= 4 is 28.3 Å². The molecule has 1 aliphatic heterocycles. The van der Waals surface area contributed by atoms with Crippen LogP contribution < -0.4 is 5.43 Å². The zero-order valence-corrected chi connectivity index (χ0v) is 11.3. The van der Waals surface area contributed by atoms with Crippen LogP contribution in [0.15, 0.2) is 34.4 Å². The summed E-state index contributed by atoms with van der Waals surface area (Å²) in [6.45, 7) is 2.86.